The van der Waals surface area contributed by atoms with Crippen molar-refractivity contribution in [3.05, 3.63) is 44.6 Å². The number of fused-ring (bicyclic) bond motifs is 1. The molecule has 0 unspecified atom stereocenters. The number of nitrogens with zero attached hydrogens (tertiary/aromatic N) is 5. The second-order valence-electron chi connectivity index (χ2n) is 10.5. The van der Waals surface area contributed by atoms with Gasteiger partial charge in [-0.2, -0.15) is 4.31 Å². The Morgan fingerprint density at radius 3 is 2.33 bits per heavy atom. The highest BCUT2D eigenvalue weighted by Gasteiger charge is 2.30. The third kappa shape index (κ3) is 5.56. The Morgan fingerprint density at radius 2 is 1.72 bits per heavy atom. The van der Waals surface area contributed by atoms with Gasteiger partial charge in [0, 0.05) is 57.4 Å². The SMILES string of the molecule is CCCOc1ccc(S(=O)(=O)N2CCN(C)CC2)cc1-c1[nH]c2c(c1CN(C)C)c(=O)n(C)c(=O)n2CCC. The third-order valence-electron chi connectivity index (χ3n) is 7.09. The monoisotopic (exact) mass is 560 g/mol. The van der Waals surface area contributed by atoms with E-state index >= 15 is 0 Å². The molecule has 2 aromatic heterocycles. The lowest BCUT2D eigenvalue weighted by molar-refractivity contribution is 0.222. The number of aryl methyl sites for hydroxylation is 1. The zero-order valence-electron chi connectivity index (χ0n) is 23.8. The van der Waals surface area contributed by atoms with Gasteiger partial charge >= 0.3 is 5.69 Å². The maximum Gasteiger partial charge on any atom is 0.332 e. The highest BCUT2D eigenvalue weighted by molar-refractivity contribution is 7.89. The number of aromatic amines is 1. The van der Waals surface area contributed by atoms with Gasteiger partial charge in [0.1, 0.15) is 11.4 Å². The van der Waals surface area contributed by atoms with Gasteiger partial charge in [0.15, 0.2) is 0 Å². The van der Waals surface area contributed by atoms with Crippen LogP contribution < -0.4 is 16.0 Å². The number of ether oxygens (including phenoxy) is 1. The molecule has 1 aromatic carbocycles. The van der Waals surface area contributed by atoms with E-state index in [0.717, 1.165) is 11.0 Å². The van der Waals surface area contributed by atoms with Crippen molar-refractivity contribution in [2.75, 3.05) is 53.9 Å². The van der Waals surface area contributed by atoms with E-state index in [4.69, 9.17) is 4.74 Å². The molecule has 1 aliphatic rings. The number of likely N-dealkylation sites (N-methyl/N-ethyl adjacent to an activating group) is 1. The Labute approximate surface area is 229 Å². The lowest BCUT2D eigenvalue weighted by Crippen LogP contribution is -2.47. The minimum Gasteiger partial charge on any atom is -0.493 e. The van der Waals surface area contributed by atoms with E-state index in [0.29, 0.717) is 85.9 Å². The van der Waals surface area contributed by atoms with Gasteiger partial charge in [-0.05, 0) is 52.2 Å². The average molecular weight is 561 g/mol. The van der Waals surface area contributed by atoms with Gasteiger partial charge in [0.05, 0.1) is 22.6 Å². The van der Waals surface area contributed by atoms with Gasteiger partial charge in [-0.15, -0.1) is 0 Å². The van der Waals surface area contributed by atoms with Crippen LogP contribution in [-0.2, 0) is 30.2 Å². The molecule has 214 valence electrons. The first-order valence-electron chi connectivity index (χ1n) is 13.5. The Bertz CT molecular complexity index is 1560. The number of hydrogen-bond acceptors (Lipinski definition) is 7. The Kier molecular flexibility index (Phi) is 8.69. The molecule has 12 heteroatoms. The summed E-state index contributed by atoms with van der Waals surface area (Å²) in [5, 5.41) is 0.419. The second kappa shape index (κ2) is 11.7. The summed E-state index contributed by atoms with van der Waals surface area (Å²) in [6.45, 7) is 7.41. The van der Waals surface area contributed by atoms with Crippen LogP contribution in [0.3, 0.4) is 0 Å². The molecule has 1 saturated heterocycles. The van der Waals surface area contributed by atoms with Gasteiger partial charge < -0.3 is 19.5 Å². The van der Waals surface area contributed by atoms with Crippen molar-refractivity contribution in [2.24, 2.45) is 7.05 Å². The third-order valence-corrected chi connectivity index (χ3v) is 8.99. The molecule has 0 amide bonds. The first-order valence-corrected chi connectivity index (χ1v) is 14.9. The number of piperazine rings is 1. The standard InChI is InChI=1S/C27H40N6O5S/c1-7-11-33-25-23(26(34)31(6)27(33)35)21(18-29(3)4)24(28-25)20-17-19(9-10-22(20)38-16-8-2)39(36,37)32-14-12-30(5)13-15-32/h9-10,17,28H,7-8,11-16,18H2,1-6H3. The summed E-state index contributed by atoms with van der Waals surface area (Å²) in [6, 6.07) is 4.91. The predicted molar refractivity (Wildman–Crippen MR) is 153 cm³/mol. The van der Waals surface area contributed by atoms with Gasteiger partial charge in [0.25, 0.3) is 5.56 Å². The Hall–Kier alpha value is -2.93. The van der Waals surface area contributed by atoms with Crippen LogP contribution in [0.2, 0.25) is 0 Å². The van der Waals surface area contributed by atoms with E-state index in [9.17, 15) is 18.0 Å². The highest BCUT2D eigenvalue weighted by Crippen LogP contribution is 2.37. The minimum absolute atomic E-state index is 0.166. The summed E-state index contributed by atoms with van der Waals surface area (Å²) in [5.41, 5.74) is 1.46. The summed E-state index contributed by atoms with van der Waals surface area (Å²) >= 11 is 0. The predicted octanol–water partition coefficient (Wildman–Crippen LogP) is 1.89. The van der Waals surface area contributed by atoms with Gasteiger partial charge in [-0.25, -0.2) is 13.2 Å². The number of benzene rings is 1. The molecule has 3 aromatic rings. The normalized spacial score (nSPS) is 15.5. The van der Waals surface area contributed by atoms with E-state index in [1.54, 1.807) is 22.8 Å². The first kappa shape index (κ1) is 29.1. The number of sulfonamides is 1. The van der Waals surface area contributed by atoms with Gasteiger partial charge in [0.2, 0.25) is 10.0 Å². The quantitative estimate of drug-likeness (QED) is 0.403. The molecular formula is C27H40N6O5S. The van der Waals surface area contributed by atoms with E-state index < -0.39 is 15.7 Å². The van der Waals surface area contributed by atoms with E-state index in [2.05, 4.69) is 9.88 Å². The summed E-state index contributed by atoms with van der Waals surface area (Å²) in [6.07, 6.45) is 1.48. The van der Waals surface area contributed by atoms with E-state index in [1.165, 1.54) is 11.4 Å². The van der Waals surface area contributed by atoms with Crippen LogP contribution in [0.5, 0.6) is 5.75 Å². The van der Waals surface area contributed by atoms with Gasteiger partial charge in [-0.3, -0.25) is 13.9 Å². The lowest BCUT2D eigenvalue weighted by atomic mass is 10.0. The van der Waals surface area contributed by atoms with Crippen molar-refractivity contribution in [1.29, 1.82) is 0 Å². The fraction of sp³-hybridized carbons (Fsp3) is 0.556. The molecule has 3 heterocycles. The van der Waals surface area contributed by atoms with Gasteiger partial charge in [-0.1, -0.05) is 13.8 Å². The molecule has 0 spiro atoms. The summed E-state index contributed by atoms with van der Waals surface area (Å²) in [5.74, 6) is 0.516. The number of H-pyrrole nitrogens is 1. The van der Waals surface area contributed by atoms with Crippen molar-refractivity contribution in [1.82, 2.24) is 28.2 Å². The van der Waals surface area contributed by atoms with Crippen LogP contribution in [0, 0.1) is 0 Å². The molecule has 11 nitrogen and oxygen atoms in total. The molecule has 1 fully saturated rings. The zero-order valence-corrected chi connectivity index (χ0v) is 24.6. The summed E-state index contributed by atoms with van der Waals surface area (Å²) in [7, 11) is 3.52. The first-order chi connectivity index (χ1) is 18.5. The van der Waals surface area contributed by atoms with Crippen molar-refractivity contribution in [3.63, 3.8) is 0 Å². The lowest BCUT2D eigenvalue weighted by Gasteiger charge is -2.31. The molecule has 39 heavy (non-hydrogen) atoms. The van der Waals surface area contributed by atoms with Crippen molar-refractivity contribution in [2.45, 2.75) is 44.7 Å². The molecule has 1 aliphatic heterocycles. The second-order valence-corrected chi connectivity index (χ2v) is 12.4. The zero-order chi connectivity index (χ0) is 28.5. The van der Waals surface area contributed by atoms with Crippen molar-refractivity contribution in [3.8, 4) is 17.0 Å². The molecule has 1 N–H and O–H groups in total. The molecular weight excluding hydrogens is 520 g/mol. The number of nitrogens with one attached hydrogen (secondary N) is 1. The maximum absolute atomic E-state index is 13.7. The average Bonchev–Trinajstić information content (AvgIpc) is 3.26. The fourth-order valence-corrected chi connectivity index (χ4v) is 6.45. The molecule has 0 aliphatic carbocycles. The Balaban J connectivity index is 2.01. The largest absolute Gasteiger partial charge is 0.493 e. The fourth-order valence-electron chi connectivity index (χ4n) is 5.00. The van der Waals surface area contributed by atoms with Crippen LogP contribution in [0.4, 0.5) is 0 Å². The molecule has 4 rings (SSSR count). The topological polar surface area (TPSA) is 113 Å². The molecule has 0 atom stereocenters. The number of aromatic nitrogens is 3. The van der Waals surface area contributed by atoms with E-state index in [1.807, 2.05) is 39.9 Å². The summed E-state index contributed by atoms with van der Waals surface area (Å²) < 4.78 is 37.6. The van der Waals surface area contributed by atoms with Crippen LogP contribution in [0.1, 0.15) is 32.3 Å². The van der Waals surface area contributed by atoms with Crippen molar-refractivity contribution >= 4 is 21.1 Å². The van der Waals surface area contributed by atoms with Crippen LogP contribution in [0.15, 0.2) is 32.7 Å². The Morgan fingerprint density at radius 1 is 1.03 bits per heavy atom. The minimum atomic E-state index is -3.75. The van der Waals surface area contributed by atoms with E-state index in [-0.39, 0.29) is 10.5 Å². The highest BCUT2D eigenvalue weighted by atomic mass is 32.2. The smallest absolute Gasteiger partial charge is 0.332 e. The van der Waals surface area contributed by atoms with Crippen LogP contribution in [-0.4, -0.2) is 90.6 Å². The molecule has 0 saturated carbocycles. The number of hydrogen-bond donors (Lipinski definition) is 1. The molecule has 0 radical (unpaired) electrons. The number of rotatable bonds is 10. The van der Waals surface area contributed by atoms with Crippen LogP contribution in [0.25, 0.3) is 22.3 Å². The molecule has 0 bridgehead atoms. The maximum atomic E-state index is 13.7. The summed E-state index contributed by atoms with van der Waals surface area (Å²) in [4.78, 5) is 34.1. The van der Waals surface area contributed by atoms with Crippen LogP contribution >= 0.6 is 0 Å². The van der Waals surface area contributed by atoms with Crippen molar-refractivity contribution < 1.29 is 13.2 Å².